The Morgan fingerprint density at radius 3 is 2.63 bits per heavy atom. The third-order valence-corrected chi connectivity index (χ3v) is 4.87. The van der Waals surface area contributed by atoms with Crippen molar-refractivity contribution < 1.29 is 14.1 Å². The molecule has 6 heteroatoms. The molecule has 1 aliphatic rings. The molecule has 1 aromatic heterocycles. The molecule has 0 saturated carbocycles. The molecule has 1 amide bonds. The van der Waals surface area contributed by atoms with E-state index in [4.69, 9.17) is 9.26 Å². The van der Waals surface area contributed by atoms with Gasteiger partial charge >= 0.3 is 0 Å². The van der Waals surface area contributed by atoms with E-state index >= 15 is 0 Å². The van der Waals surface area contributed by atoms with Crippen LogP contribution in [0.4, 0.5) is 0 Å². The zero-order valence-electron chi connectivity index (χ0n) is 16.3. The van der Waals surface area contributed by atoms with Crippen molar-refractivity contribution in [1.29, 1.82) is 0 Å². The number of benzene rings is 1. The van der Waals surface area contributed by atoms with Crippen molar-refractivity contribution in [3.05, 3.63) is 52.9 Å². The summed E-state index contributed by atoms with van der Waals surface area (Å²) < 4.78 is 10.8. The quantitative estimate of drug-likeness (QED) is 0.733. The van der Waals surface area contributed by atoms with Gasteiger partial charge < -0.3 is 14.2 Å². The van der Waals surface area contributed by atoms with Crippen molar-refractivity contribution in [2.24, 2.45) is 0 Å². The van der Waals surface area contributed by atoms with Crippen LogP contribution in [0.15, 0.2) is 34.9 Å². The fourth-order valence-corrected chi connectivity index (χ4v) is 3.25. The highest BCUT2D eigenvalue weighted by molar-refractivity contribution is 5.92. The fraction of sp³-hybridized carbons (Fsp3) is 0.429. The Balaban J connectivity index is 1.54. The molecule has 0 aliphatic carbocycles. The molecule has 6 nitrogen and oxygen atoms in total. The maximum Gasteiger partial charge on any atom is 0.246 e. The van der Waals surface area contributed by atoms with Gasteiger partial charge in [0.15, 0.2) is 0 Å². The summed E-state index contributed by atoms with van der Waals surface area (Å²) in [6.45, 7) is 10.4. The molecule has 1 aromatic carbocycles. The number of ether oxygens (including phenoxy) is 1. The van der Waals surface area contributed by atoms with Gasteiger partial charge in [-0.15, -0.1) is 0 Å². The van der Waals surface area contributed by atoms with Crippen LogP contribution in [0.5, 0.6) is 5.75 Å². The first-order valence-electron chi connectivity index (χ1n) is 9.41. The Labute approximate surface area is 160 Å². The van der Waals surface area contributed by atoms with Crippen molar-refractivity contribution in [3.8, 4) is 5.75 Å². The molecule has 0 spiro atoms. The summed E-state index contributed by atoms with van der Waals surface area (Å²) in [4.78, 5) is 16.8. The van der Waals surface area contributed by atoms with Gasteiger partial charge in [-0.3, -0.25) is 9.69 Å². The Morgan fingerprint density at radius 2 is 1.96 bits per heavy atom. The van der Waals surface area contributed by atoms with Gasteiger partial charge in [0.2, 0.25) is 5.91 Å². The second-order valence-electron chi connectivity index (χ2n) is 6.71. The van der Waals surface area contributed by atoms with Gasteiger partial charge in [-0.05, 0) is 32.9 Å². The second-order valence-corrected chi connectivity index (χ2v) is 6.71. The number of carbonyl (C=O) groups excluding carboxylic acids is 1. The highest BCUT2D eigenvalue weighted by Crippen LogP contribution is 2.20. The highest BCUT2D eigenvalue weighted by atomic mass is 16.5. The van der Waals surface area contributed by atoms with Gasteiger partial charge in [-0.1, -0.05) is 23.4 Å². The average Bonchev–Trinajstić information content (AvgIpc) is 3.00. The first-order valence-corrected chi connectivity index (χ1v) is 9.41. The molecule has 144 valence electrons. The molecule has 2 aromatic rings. The van der Waals surface area contributed by atoms with Crippen LogP contribution in [0, 0.1) is 13.8 Å². The first kappa shape index (κ1) is 19.2. The number of aromatic nitrogens is 1. The molecule has 2 heterocycles. The number of piperazine rings is 1. The van der Waals surface area contributed by atoms with E-state index in [1.165, 1.54) is 0 Å². The minimum Gasteiger partial charge on any atom is -0.493 e. The van der Waals surface area contributed by atoms with Gasteiger partial charge in [0, 0.05) is 49.9 Å². The lowest BCUT2D eigenvalue weighted by Gasteiger charge is -2.34. The fourth-order valence-electron chi connectivity index (χ4n) is 3.25. The Kier molecular flexibility index (Phi) is 6.29. The van der Waals surface area contributed by atoms with Crippen molar-refractivity contribution >= 4 is 12.0 Å². The summed E-state index contributed by atoms with van der Waals surface area (Å²) in [5, 5.41) is 4.01. The van der Waals surface area contributed by atoms with Crippen LogP contribution in [0.3, 0.4) is 0 Å². The molecule has 3 rings (SSSR count). The second kappa shape index (κ2) is 8.86. The molecular formula is C21H27N3O3. The summed E-state index contributed by atoms with van der Waals surface area (Å²) in [6, 6.07) is 7.75. The third kappa shape index (κ3) is 4.77. The molecule has 0 radical (unpaired) electrons. The Hall–Kier alpha value is -2.60. The summed E-state index contributed by atoms with van der Waals surface area (Å²) in [7, 11) is 0. The van der Waals surface area contributed by atoms with Crippen LogP contribution in [-0.2, 0) is 11.3 Å². The van der Waals surface area contributed by atoms with Gasteiger partial charge in [0.1, 0.15) is 11.5 Å². The number of rotatable bonds is 6. The van der Waals surface area contributed by atoms with Crippen LogP contribution in [-0.4, -0.2) is 53.6 Å². The minimum atomic E-state index is 0.0401. The van der Waals surface area contributed by atoms with Crippen LogP contribution in [0.25, 0.3) is 6.08 Å². The summed E-state index contributed by atoms with van der Waals surface area (Å²) in [5.74, 6) is 1.72. The number of amides is 1. The SMILES string of the molecule is CCOc1ccccc1C=CC(=O)N1CCN(Cc2c(C)noc2C)CC1. The molecule has 0 atom stereocenters. The number of hydrogen-bond donors (Lipinski definition) is 0. The molecule has 27 heavy (non-hydrogen) atoms. The van der Waals surface area contributed by atoms with Crippen LogP contribution < -0.4 is 4.74 Å². The highest BCUT2D eigenvalue weighted by Gasteiger charge is 2.21. The van der Waals surface area contributed by atoms with Crippen molar-refractivity contribution in [3.63, 3.8) is 0 Å². The predicted molar refractivity (Wildman–Crippen MR) is 104 cm³/mol. The molecule has 1 aliphatic heterocycles. The zero-order chi connectivity index (χ0) is 19.2. The molecule has 1 saturated heterocycles. The lowest BCUT2D eigenvalue weighted by Crippen LogP contribution is -2.47. The zero-order valence-corrected chi connectivity index (χ0v) is 16.3. The predicted octanol–water partition coefficient (Wildman–Crippen LogP) is 3.05. The van der Waals surface area contributed by atoms with Crippen LogP contribution >= 0.6 is 0 Å². The van der Waals surface area contributed by atoms with E-state index in [1.54, 1.807) is 6.08 Å². The number of hydrogen-bond acceptors (Lipinski definition) is 5. The number of carbonyl (C=O) groups is 1. The summed E-state index contributed by atoms with van der Waals surface area (Å²) in [5.41, 5.74) is 3.02. The van der Waals surface area contributed by atoms with E-state index in [0.717, 1.165) is 61.1 Å². The molecule has 0 bridgehead atoms. The smallest absolute Gasteiger partial charge is 0.246 e. The van der Waals surface area contributed by atoms with Crippen molar-refractivity contribution in [2.75, 3.05) is 32.8 Å². The van der Waals surface area contributed by atoms with Gasteiger partial charge in [-0.25, -0.2) is 0 Å². The number of aryl methyl sites for hydroxylation is 2. The van der Waals surface area contributed by atoms with Crippen molar-refractivity contribution in [2.45, 2.75) is 27.3 Å². The molecule has 0 N–H and O–H groups in total. The van der Waals surface area contributed by atoms with Crippen LogP contribution in [0.1, 0.15) is 29.5 Å². The molecule has 1 fully saturated rings. The average molecular weight is 369 g/mol. The molecule has 0 unspecified atom stereocenters. The van der Waals surface area contributed by atoms with Crippen molar-refractivity contribution in [1.82, 2.24) is 15.0 Å². The monoisotopic (exact) mass is 369 g/mol. The van der Waals surface area contributed by atoms with E-state index in [9.17, 15) is 4.79 Å². The first-order chi connectivity index (χ1) is 13.1. The van der Waals surface area contributed by atoms with E-state index in [-0.39, 0.29) is 5.91 Å². The number of nitrogens with zero attached hydrogens (tertiary/aromatic N) is 3. The standard InChI is InChI=1S/C21H27N3O3/c1-4-26-20-8-6-5-7-18(20)9-10-21(25)24-13-11-23(12-14-24)15-19-16(2)22-27-17(19)3/h5-10H,4,11-15H2,1-3H3. The van der Waals surface area contributed by atoms with E-state index in [1.807, 2.05) is 56.0 Å². The van der Waals surface area contributed by atoms with Gasteiger partial charge in [0.05, 0.1) is 12.3 Å². The topological polar surface area (TPSA) is 58.8 Å². The maximum absolute atomic E-state index is 12.5. The summed E-state index contributed by atoms with van der Waals surface area (Å²) in [6.07, 6.45) is 3.48. The third-order valence-electron chi connectivity index (χ3n) is 4.87. The Bertz CT molecular complexity index is 785. The minimum absolute atomic E-state index is 0.0401. The number of para-hydroxylation sites is 1. The maximum atomic E-state index is 12.5. The normalized spacial score (nSPS) is 15.4. The molecular weight excluding hydrogens is 342 g/mol. The van der Waals surface area contributed by atoms with Gasteiger partial charge in [0.25, 0.3) is 0 Å². The van der Waals surface area contributed by atoms with E-state index < -0.39 is 0 Å². The lowest BCUT2D eigenvalue weighted by atomic mass is 10.1. The largest absolute Gasteiger partial charge is 0.493 e. The lowest BCUT2D eigenvalue weighted by molar-refractivity contribution is -0.127. The van der Waals surface area contributed by atoms with E-state index in [0.29, 0.717) is 6.61 Å². The van der Waals surface area contributed by atoms with E-state index in [2.05, 4.69) is 10.1 Å². The Morgan fingerprint density at radius 1 is 1.22 bits per heavy atom. The van der Waals surface area contributed by atoms with Gasteiger partial charge in [-0.2, -0.15) is 0 Å². The summed E-state index contributed by atoms with van der Waals surface area (Å²) >= 11 is 0. The van der Waals surface area contributed by atoms with Crippen LogP contribution in [0.2, 0.25) is 0 Å².